The fourth-order valence-electron chi connectivity index (χ4n) is 4.06. The zero-order chi connectivity index (χ0) is 7.87. The van der Waals surface area contributed by atoms with E-state index in [0.29, 0.717) is 23.5 Å². The lowest BCUT2D eigenvalue weighted by Gasteiger charge is -2.21. The summed E-state index contributed by atoms with van der Waals surface area (Å²) in [5, 5.41) is 0. The largest absolute Gasteiger partial charge is 0.299 e. The maximum Gasteiger partial charge on any atom is 0.140 e. The molecule has 0 spiro atoms. The minimum Gasteiger partial charge on any atom is -0.299 e. The molecule has 2 unspecified atom stereocenters. The average molecular weight is 160 g/mol. The quantitative estimate of drug-likeness (QED) is 0.492. The molecule has 4 aliphatic carbocycles. The van der Waals surface area contributed by atoms with Gasteiger partial charge < -0.3 is 0 Å². The smallest absolute Gasteiger partial charge is 0.140 e. The highest BCUT2D eigenvalue weighted by atomic mass is 16.1. The number of allylic oxidation sites excluding steroid dienone is 2. The van der Waals surface area contributed by atoms with E-state index in [1.807, 2.05) is 0 Å². The van der Waals surface area contributed by atoms with E-state index in [0.717, 1.165) is 17.8 Å². The van der Waals surface area contributed by atoms with Gasteiger partial charge in [0.05, 0.1) is 0 Å². The SMILES string of the molecule is O=C1[C@@H]2C3C=CC(C3)[C@@H]2[C@H]2C[C@@H]12. The molecule has 0 amide bonds. The molecular weight excluding hydrogens is 148 g/mol. The molecule has 0 saturated heterocycles. The van der Waals surface area contributed by atoms with Crippen molar-refractivity contribution >= 4 is 5.78 Å². The highest BCUT2D eigenvalue weighted by Gasteiger charge is 2.66. The summed E-state index contributed by atoms with van der Waals surface area (Å²) < 4.78 is 0. The van der Waals surface area contributed by atoms with Gasteiger partial charge >= 0.3 is 0 Å². The van der Waals surface area contributed by atoms with Crippen LogP contribution < -0.4 is 0 Å². The Morgan fingerprint density at radius 3 is 2.83 bits per heavy atom. The van der Waals surface area contributed by atoms with E-state index in [-0.39, 0.29) is 0 Å². The van der Waals surface area contributed by atoms with E-state index < -0.39 is 0 Å². The molecule has 1 nitrogen and oxygen atoms in total. The van der Waals surface area contributed by atoms with Gasteiger partial charge in [0.1, 0.15) is 5.78 Å². The third-order valence-electron chi connectivity index (χ3n) is 4.55. The van der Waals surface area contributed by atoms with Gasteiger partial charge in [0.15, 0.2) is 0 Å². The molecule has 3 saturated carbocycles. The first-order chi connectivity index (χ1) is 5.86. The van der Waals surface area contributed by atoms with E-state index >= 15 is 0 Å². The van der Waals surface area contributed by atoms with Crippen LogP contribution in [0.4, 0.5) is 0 Å². The van der Waals surface area contributed by atoms with E-state index in [9.17, 15) is 4.79 Å². The lowest BCUT2D eigenvalue weighted by atomic mass is 9.82. The summed E-state index contributed by atoms with van der Waals surface area (Å²) in [4.78, 5) is 11.8. The maximum absolute atomic E-state index is 11.8. The molecule has 0 aliphatic heterocycles. The van der Waals surface area contributed by atoms with Crippen molar-refractivity contribution in [2.45, 2.75) is 12.8 Å². The number of carbonyl (C=O) groups excluding carboxylic acids is 1. The Morgan fingerprint density at radius 1 is 1.17 bits per heavy atom. The summed E-state index contributed by atoms with van der Waals surface area (Å²) in [6, 6.07) is 0. The third-order valence-corrected chi connectivity index (χ3v) is 4.55. The topological polar surface area (TPSA) is 17.1 Å². The van der Waals surface area contributed by atoms with Crippen LogP contribution in [0, 0.1) is 35.5 Å². The first-order valence-electron chi connectivity index (χ1n) is 5.08. The van der Waals surface area contributed by atoms with Crippen LogP contribution in [0.2, 0.25) is 0 Å². The van der Waals surface area contributed by atoms with Gasteiger partial charge in [-0.2, -0.15) is 0 Å². The van der Waals surface area contributed by atoms with Crippen LogP contribution in [0.25, 0.3) is 0 Å². The maximum atomic E-state index is 11.8. The summed E-state index contributed by atoms with van der Waals surface area (Å²) in [5.74, 6) is 4.68. The number of fused-ring (bicyclic) bond motifs is 7. The number of Topliss-reactive ketones (excluding diaryl/α,β-unsaturated/α-hetero) is 1. The average Bonchev–Trinajstić information content (AvgIpc) is 2.49. The second-order valence-corrected chi connectivity index (χ2v) is 4.96. The van der Waals surface area contributed by atoms with Crippen LogP contribution in [0.1, 0.15) is 12.8 Å². The van der Waals surface area contributed by atoms with Crippen molar-refractivity contribution < 1.29 is 4.79 Å². The van der Waals surface area contributed by atoms with Crippen LogP contribution in [-0.4, -0.2) is 5.78 Å². The molecule has 1 heteroatoms. The van der Waals surface area contributed by atoms with E-state index in [2.05, 4.69) is 12.2 Å². The molecule has 0 aromatic heterocycles. The van der Waals surface area contributed by atoms with Gasteiger partial charge in [-0.15, -0.1) is 0 Å². The zero-order valence-corrected chi connectivity index (χ0v) is 6.94. The molecule has 4 rings (SSSR count). The van der Waals surface area contributed by atoms with Gasteiger partial charge in [-0.05, 0) is 36.5 Å². The van der Waals surface area contributed by atoms with E-state index in [4.69, 9.17) is 0 Å². The predicted molar refractivity (Wildman–Crippen MR) is 44.3 cm³/mol. The minimum absolute atomic E-state index is 0.476. The Morgan fingerprint density at radius 2 is 2.00 bits per heavy atom. The van der Waals surface area contributed by atoms with Crippen LogP contribution in [-0.2, 0) is 4.79 Å². The van der Waals surface area contributed by atoms with Gasteiger partial charge in [0.25, 0.3) is 0 Å². The number of rotatable bonds is 0. The normalized spacial score (nSPS) is 63.8. The number of hydrogen-bond donors (Lipinski definition) is 0. The fourth-order valence-corrected chi connectivity index (χ4v) is 4.06. The van der Waals surface area contributed by atoms with Crippen molar-refractivity contribution in [3.63, 3.8) is 0 Å². The number of carbonyl (C=O) groups is 1. The summed E-state index contributed by atoms with van der Waals surface area (Å²) in [6.45, 7) is 0. The van der Waals surface area contributed by atoms with Gasteiger partial charge in [0.2, 0.25) is 0 Å². The molecular formula is C11H12O. The van der Waals surface area contributed by atoms with Crippen molar-refractivity contribution in [2.24, 2.45) is 35.5 Å². The lowest BCUT2D eigenvalue weighted by Crippen LogP contribution is -2.23. The molecule has 2 bridgehead atoms. The molecule has 0 aromatic rings. The van der Waals surface area contributed by atoms with Crippen LogP contribution in [0.15, 0.2) is 12.2 Å². The van der Waals surface area contributed by atoms with E-state index in [1.165, 1.54) is 12.8 Å². The Balaban J connectivity index is 1.86. The van der Waals surface area contributed by atoms with Crippen LogP contribution in [0.5, 0.6) is 0 Å². The second-order valence-electron chi connectivity index (χ2n) is 4.96. The van der Waals surface area contributed by atoms with Crippen molar-refractivity contribution in [1.82, 2.24) is 0 Å². The second kappa shape index (κ2) is 1.55. The lowest BCUT2D eigenvalue weighted by molar-refractivity contribution is -0.123. The van der Waals surface area contributed by atoms with Crippen molar-refractivity contribution in [3.8, 4) is 0 Å². The summed E-state index contributed by atoms with van der Waals surface area (Å²) in [5.41, 5.74) is 0. The minimum atomic E-state index is 0.476. The van der Waals surface area contributed by atoms with E-state index in [1.54, 1.807) is 0 Å². The highest BCUT2D eigenvalue weighted by molar-refractivity contribution is 5.90. The van der Waals surface area contributed by atoms with Crippen LogP contribution >= 0.6 is 0 Å². The predicted octanol–water partition coefficient (Wildman–Crippen LogP) is 1.64. The monoisotopic (exact) mass is 160 g/mol. The molecule has 3 fully saturated rings. The molecule has 4 aliphatic rings. The summed E-state index contributed by atoms with van der Waals surface area (Å²) >= 11 is 0. The molecule has 6 atom stereocenters. The van der Waals surface area contributed by atoms with Gasteiger partial charge in [-0.25, -0.2) is 0 Å². The fraction of sp³-hybridized carbons (Fsp3) is 0.727. The molecule has 0 aromatic carbocycles. The first-order valence-corrected chi connectivity index (χ1v) is 5.08. The standard InChI is InChI=1S/C11H12O/c12-11-8-4-7(8)9-5-1-2-6(3-5)10(9)11/h1-2,5-10H,3-4H2/t5?,6?,7-,8+,9+,10+/m0/s1. The Bertz CT molecular complexity index is 304. The molecule has 12 heavy (non-hydrogen) atoms. The first kappa shape index (κ1) is 5.95. The van der Waals surface area contributed by atoms with Crippen LogP contribution in [0.3, 0.4) is 0 Å². The van der Waals surface area contributed by atoms with Crippen molar-refractivity contribution in [3.05, 3.63) is 12.2 Å². The Labute approximate surface area is 71.8 Å². The molecule has 0 radical (unpaired) electrons. The molecule has 62 valence electrons. The molecule has 0 N–H and O–H groups in total. The third kappa shape index (κ3) is 0.451. The number of ketones is 1. The highest BCUT2D eigenvalue weighted by Crippen LogP contribution is 2.66. The summed E-state index contributed by atoms with van der Waals surface area (Å²) in [7, 11) is 0. The summed E-state index contributed by atoms with van der Waals surface area (Å²) in [6.07, 6.45) is 7.20. The van der Waals surface area contributed by atoms with Gasteiger partial charge in [0, 0.05) is 11.8 Å². The van der Waals surface area contributed by atoms with Crippen molar-refractivity contribution in [2.75, 3.05) is 0 Å². The zero-order valence-electron chi connectivity index (χ0n) is 6.94. The Kier molecular flexibility index (Phi) is 0.768. The molecule has 0 heterocycles. The Hall–Kier alpha value is -0.590. The van der Waals surface area contributed by atoms with Gasteiger partial charge in [-0.1, -0.05) is 12.2 Å². The van der Waals surface area contributed by atoms with Crippen molar-refractivity contribution in [1.29, 1.82) is 0 Å². The van der Waals surface area contributed by atoms with Gasteiger partial charge in [-0.3, -0.25) is 4.79 Å². The number of hydrogen-bond acceptors (Lipinski definition) is 1.